The molecule has 0 aromatic heterocycles. The van der Waals surface area contributed by atoms with Crippen molar-refractivity contribution in [1.29, 1.82) is 0 Å². The van der Waals surface area contributed by atoms with Gasteiger partial charge in [0.25, 0.3) is 0 Å². The molecule has 2 fully saturated rings. The second kappa shape index (κ2) is 5.48. The van der Waals surface area contributed by atoms with Crippen molar-refractivity contribution in [3.8, 4) is 0 Å². The maximum absolute atomic E-state index is 5.20. The molecule has 3 heteroatoms. The number of fused-ring (bicyclic) bond motifs is 1. The number of methoxy groups -OCH3 is 1. The zero-order valence-corrected chi connectivity index (χ0v) is 10.9. The molecule has 3 nitrogen and oxygen atoms in total. The van der Waals surface area contributed by atoms with Crippen LogP contribution in [0.5, 0.6) is 0 Å². The Morgan fingerprint density at radius 1 is 1.44 bits per heavy atom. The minimum Gasteiger partial charge on any atom is -0.385 e. The number of ether oxygens (including phenoxy) is 1. The predicted octanol–water partition coefficient (Wildman–Crippen LogP) is 1.34. The summed E-state index contributed by atoms with van der Waals surface area (Å²) in [5.41, 5.74) is 0. The number of nitrogens with zero attached hydrogens (tertiary/aromatic N) is 1. The van der Waals surface area contributed by atoms with Gasteiger partial charge < -0.3 is 10.1 Å². The quantitative estimate of drug-likeness (QED) is 0.765. The third-order valence-electron chi connectivity index (χ3n) is 4.48. The lowest BCUT2D eigenvalue weighted by molar-refractivity contribution is 0.118. The fourth-order valence-electron chi connectivity index (χ4n) is 3.55. The minimum atomic E-state index is 0.676. The summed E-state index contributed by atoms with van der Waals surface area (Å²) in [4.78, 5) is 2.73. The average Bonchev–Trinajstić information content (AvgIpc) is 2.84. The van der Waals surface area contributed by atoms with Gasteiger partial charge in [0.15, 0.2) is 0 Å². The maximum atomic E-state index is 5.20. The molecule has 1 N–H and O–H groups in total. The molecule has 2 heterocycles. The molecule has 94 valence electrons. The van der Waals surface area contributed by atoms with E-state index < -0.39 is 0 Å². The number of likely N-dealkylation sites (tertiary alicyclic amines) is 1. The lowest BCUT2D eigenvalue weighted by Gasteiger charge is -2.32. The zero-order chi connectivity index (χ0) is 11.5. The molecule has 0 aromatic carbocycles. The second-order valence-electron chi connectivity index (χ2n) is 5.39. The average molecular weight is 226 g/mol. The van der Waals surface area contributed by atoms with Crippen molar-refractivity contribution in [1.82, 2.24) is 10.2 Å². The van der Waals surface area contributed by atoms with E-state index in [-0.39, 0.29) is 0 Å². The van der Waals surface area contributed by atoms with E-state index in [1.165, 1.54) is 32.5 Å². The summed E-state index contributed by atoms with van der Waals surface area (Å²) in [5.74, 6) is 1.80. The Kier molecular flexibility index (Phi) is 4.22. The smallest absolute Gasteiger partial charge is 0.0477 e. The minimum absolute atomic E-state index is 0.676. The van der Waals surface area contributed by atoms with Crippen LogP contribution in [0.4, 0.5) is 0 Å². The normalized spacial score (nSPS) is 36.6. The number of hydrogen-bond donors (Lipinski definition) is 1. The van der Waals surface area contributed by atoms with Gasteiger partial charge in [-0.25, -0.2) is 0 Å². The van der Waals surface area contributed by atoms with Gasteiger partial charge in [0.05, 0.1) is 0 Å². The van der Waals surface area contributed by atoms with Crippen molar-refractivity contribution >= 4 is 0 Å². The van der Waals surface area contributed by atoms with E-state index in [9.17, 15) is 0 Å². The van der Waals surface area contributed by atoms with E-state index in [1.807, 2.05) is 0 Å². The van der Waals surface area contributed by atoms with E-state index in [0.29, 0.717) is 6.04 Å². The van der Waals surface area contributed by atoms with Crippen LogP contribution < -0.4 is 5.32 Å². The van der Waals surface area contributed by atoms with Crippen LogP contribution in [0.1, 0.15) is 26.7 Å². The first-order valence-electron chi connectivity index (χ1n) is 6.73. The highest BCUT2D eigenvalue weighted by Gasteiger charge is 2.44. The van der Waals surface area contributed by atoms with Crippen molar-refractivity contribution in [3.63, 3.8) is 0 Å². The summed E-state index contributed by atoms with van der Waals surface area (Å²) in [7, 11) is 1.80. The maximum Gasteiger partial charge on any atom is 0.0477 e. The van der Waals surface area contributed by atoms with Gasteiger partial charge in [-0.15, -0.1) is 0 Å². The van der Waals surface area contributed by atoms with E-state index in [2.05, 4.69) is 24.1 Å². The molecule has 0 spiro atoms. The largest absolute Gasteiger partial charge is 0.385 e. The third kappa shape index (κ3) is 2.27. The van der Waals surface area contributed by atoms with E-state index in [0.717, 1.165) is 24.5 Å². The molecule has 4 atom stereocenters. The predicted molar refractivity (Wildman–Crippen MR) is 66.6 cm³/mol. The van der Waals surface area contributed by atoms with Crippen LogP contribution in [-0.2, 0) is 4.74 Å². The van der Waals surface area contributed by atoms with Crippen LogP contribution in [0, 0.1) is 11.8 Å². The van der Waals surface area contributed by atoms with Gasteiger partial charge in [-0.05, 0) is 44.7 Å². The number of hydrogen-bond acceptors (Lipinski definition) is 3. The molecule has 0 radical (unpaired) electrons. The summed E-state index contributed by atoms with van der Waals surface area (Å²) in [6.45, 7) is 9.34. The van der Waals surface area contributed by atoms with Crippen LogP contribution >= 0.6 is 0 Å². The van der Waals surface area contributed by atoms with Gasteiger partial charge in [0.2, 0.25) is 0 Å². The monoisotopic (exact) mass is 226 g/mol. The topological polar surface area (TPSA) is 24.5 Å². The first-order chi connectivity index (χ1) is 7.77. The molecular weight excluding hydrogens is 200 g/mol. The Morgan fingerprint density at radius 3 is 2.94 bits per heavy atom. The molecule has 2 aliphatic heterocycles. The molecular formula is C13H26N2O. The van der Waals surface area contributed by atoms with E-state index in [4.69, 9.17) is 4.74 Å². The molecule has 0 bridgehead atoms. The second-order valence-corrected chi connectivity index (χ2v) is 5.39. The molecule has 0 amide bonds. The highest BCUT2D eigenvalue weighted by atomic mass is 16.5. The van der Waals surface area contributed by atoms with Gasteiger partial charge in [-0.2, -0.15) is 0 Å². The lowest BCUT2D eigenvalue weighted by Crippen LogP contribution is -2.41. The van der Waals surface area contributed by atoms with Crippen molar-refractivity contribution < 1.29 is 4.74 Å². The lowest BCUT2D eigenvalue weighted by atomic mass is 9.92. The van der Waals surface area contributed by atoms with Gasteiger partial charge in [-0.1, -0.05) is 6.92 Å². The van der Waals surface area contributed by atoms with Gasteiger partial charge in [0, 0.05) is 32.3 Å². The van der Waals surface area contributed by atoms with Gasteiger partial charge >= 0.3 is 0 Å². The first-order valence-corrected chi connectivity index (χ1v) is 6.73. The van der Waals surface area contributed by atoms with Crippen LogP contribution in [0.15, 0.2) is 0 Å². The number of nitrogens with one attached hydrogen (secondary N) is 1. The van der Waals surface area contributed by atoms with Crippen molar-refractivity contribution in [2.24, 2.45) is 11.8 Å². The van der Waals surface area contributed by atoms with Crippen LogP contribution in [0.3, 0.4) is 0 Å². The summed E-state index contributed by atoms with van der Waals surface area (Å²) in [6, 6.07) is 1.47. The highest BCUT2D eigenvalue weighted by Crippen LogP contribution is 2.35. The van der Waals surface area contributed by atoms with Gasteiger partial charge in [-0.3, -0.25) is 4.90 Å². The summed E-state index contributed by atoms with van der Waals surface area (Å²) in [5, 5.41) is 3.54. The molecule has 0 aliphatic carbocycles. The Morgan fingerprint density at radius 2 is 2.25 bits per heavy atom. The van der Waals surface area contributed by atoms with E-state index in [1.54, 1.807) is 7.11 Å². The summed E-state index contributed by atoms with van der Waals surface area (Å²) >= 11 is 0. The third-order valence-corrected chi connectivity index (χ3v) is 4.48. The van der Waals surface area contributed by atoms with E-state index >= 15 is 0 Å². The van der Waals surface area contributed by atoms with Gasteiger partial charge in [0.1, 0.15) is 0 Å². The number of rotatable bonds is 5. The Bertz CT molecular complexity index is 222. The molecule has 0 saturated carbocycles. The molecule has 2 rings (SSSR count). The van der Waals surface area contributed by atoms with Crippen molar-refractivity contribution in [2.45, 2.75) is 38.8 Å². The van der Waals surface area contributed by atoms with Crippen LogP contribution in [0.25, 0.3) is 0 Å². The summed E-state index contributed by atoms with van der Waals surface area (Å²) in [6.07, 6.45) is 2.46. The summed E-state index contributed by atoms with van der Waals surface area (Å²) < 4.78 is 5.20. The SMILES string of the molecule is CCC1C2CNCC2CN1C(C)CCOC. The molecule has 2 aliphatic rings. The fraction of sp³-hybridized carbons (Fsp3) is 1.00. The molecule has 2 saturated heterocycles. The molecule has 16 heavy (non-hydrogen) atoms. The molecule has 0 aromatic rings. The van der Waals surface area contributed by atoms with Crippen molar-refractivity contribution in [3.05, 3.63) is 0 Å². The highest BCUT2D eigenvalue weighted by molar-refractivity contribution is 4.99. The van der Waals surface area contributed by atoms with Crippen LogP contribution in [-0.4, -0.2) is 50.3 Å². The Balaban J connectivity index is 1.94. The standard InChI is InChI=1S/C13H26N2O/c1-4-13-12-8-14-7-11(12)9-15(13)10(2)5-6-16-3/h10-14H,4-9H2,1-3H3. The Labute approximate surface area is 99.5 Å². The fourth-order valence-corrected chi connectivity index (χ4v) is 3.55. The Hall–Kier alpha value is -0.120. The van der Waals surface area contributed by atoms with Crippen molar-refractivity contribution in [2.75, 3.05) is 33.4 Å². The molecule has 4 unspecified atom stereocenters. The zero-order valence-electron chi connectivity index (χ0n) is 10.9. The van der Waals surface area contributed by atoms with Crippen LogP contribution in [0.2, 0.25) is 0 Å². The first kappa shape index (κ1) is 12.3.